The fraction of sp³-hybridized carbons (Fsp3) is 0.857. The zero-order chi connectivity index (χ0) is 40.1. The zero-order valence-electron chi connectivity index (χ0n) is 36.7. The molecule has 0 spiro atoms. The van der Waals surface area contributed by atoms with Crippen LogP contribution in [0, 0.1) is 0 Å². The van der Waals surface area contributed by atoms with E-state index in [1.165, 1.54) is 135 Å². The molecule has 6 nitrogen and oxygen atoms in total. The van der Waals surface area contributed by atoms with Crippen molar-refractivity contribution in [1.29, 1.82) is 0 Å². The van der Waals surface area contributed by atoms with Crippen molar-refractivity contribution in [3.8, 4) is 0 Å². The number of hydrogen-bond donors (Lipinski definition) is 0. The molecule has 0 bridgehead atoms. The second kappa shape index (κ2) is 44.6. The lowest BCUT2D eigenvalue weighted by atomic mass is 10.1. The predicted octanol–water partition coefficient (Wildman–Crippen LogP) is 15.2. The highest BCUT2D eigenvalue weighted by Gasteiger charge is 2.19. The molecule has 1 atom stereocenters. The van der Waals surface area contributed by atoms with E-state index in [0.29, 0.717) is 19.3 Å². The molecule has 0 aromatic rings. The summed E-state index contributed by atoms with van der Waals surface area (Å²) < 4.78 is 16.7. The fourth-order valence-corrected chi connectivity index (χ4v) is 6.79. The van der Waals surface area contributed by atoms with Gasteiger partial charge >= 0.3 is 17.9 Å². The number of allylic oxidation sites excluding steroid dienone is 4. The molecule has 322 valence electrons. The molecule has 0 aromatic heterocycles. The summed E-state index contributed by atoms with van der Waals surface area (Å²) in [6, 6.07) is 0. The molecular formula is C49H90O6. The Kier molecular flexibility index (Phi) is 42.9. The summed E-state index contributed by atoms with van der Waals surface area (Å²) in [6.45, 7) is 6.56. The third kappa shape index (κ3) is 42.9. The minimum absolute atomic E-state index is 0.0733. The number of carbonyl (C=O) groups excluding carboxylic acids is 3. The molecule has 0 fully saturated rings. The van der Waals surface area contributed by atoms with E-state index < -0.39 is 6.10 Å². The van der Waals surface area contributed by atoms with Gasteiger partial charge in [-0.15, -0.1) is 0 Å². The molecule has 55 heavy (non-hydrogen) atoms. The molecule has 0 radical (unpaired) electrons. The van der Waals surface area contributed by atoms with E-state index in [4.69, 9.17) is 14.2 Å². The smallest absolute Gasteiger partial charge is 0.306 e. The maximum absolute atomic E-state index is 12.7. The number of hydrogen-bond acceptors (Lipinski definition) is 6. The van der Waals surface area contributed by atoms with Crippen LogP contribution in [0.2, 0.25) is 0 Å². The van der Waals surface area contributed by atoms with Crippen LogP contribution in [0.4, 0.5) is 0 Å². The molecule has 0 aromatic carbocycles. The maximum atomic E-state index is 12.7. The quantitative estimate of drug-likeness (QED) is 0.0266. The van der Waals surface area contributed by atoms with Gasteiger partial charge in [-0.05, 0) is 64.2 Å². The SMILES string of the molecule is CCC/C=C\CCCCCCCC(=O)OC(COC(=O)CCCCCCCCC/C=C\CCCCCCCC)COC(=O)CCCCCCCCCCCC. The minimum Gasteiger partial charge on any atom is -0.462 e. The van der Waals surface area contributed by atoms with Crippen molar-refractivity contribution in [3.63, 3.8) is 0 Å². The van der Waals surface area contributed by atoms with Gasteiger partial charge in [0.25, 0.3) is 0 Å². The Hall–Kier alpha value is -2.11. The first kappa shape index (κ1) is 52.9. The van der Waals surface area contributed by atoms with Crippen molar-refractivity contribution in [3.05, 3.63) is 24.3 Å². The molecule has 0 aliphatic carbocycles. The lowest BCUT2D eigenvalue weighted by Crippen LogP contribution is -2.30. The Bertz CT molecular complexity index is 896. The largest absolute Gasteiger partial charge is 0.462 e. The number of rotatable bonds is 43. The van der Waals surface area contributed by atoms with Gasteiger partial charge in [-0.25, -0.2) is 0 Å². The molecule has 0 N–H and O–H groups in total. The zero-order valence-corrected chi connectivity index (χ0v) is 36.7. The van der Waals surface area contributed by atoms with E-state index in [9.17, 15) is 14.4 Å². The summed E-state index contributed by atoms with van der Waals surface area (Å²) in [5.41, 5.74) is 0. The number of esters is 3. The molecule has 0 saturated carbocycles. The summed E-state index contributed by atoms with van der Waals surface area (Å²) in [7, 11) is 0. The average molecular weight is 775 g/mol. The van der Waals surface area contributed by atoms with Crippen molar-refractivity contribution in [2.24, 2.45) is 0 Å². The van der Waals surface area contributed by atoms with Gasteiger partial charge in [0.2, 0.25) is 0 Å². The van der Waals surface area contributed by atoms with Gasteiger partial charge < -0.3 is 14.2 Å². The minimum atomic E-state index is -0.770. The summed E-state index contributed by atoms with van der Waals surface area (Å²) in [5.74, 6) is -0.884. The second-order valence-corrected chi connectivity index (χ2v) is 16.0. The van der Waals surface area contributed by atoms with E-state index in [0.717, 1.165) is 77.0 Å². The van der Waals surface area contributed by atoms with Crippen LogP contribution in [0.25, 0.3) is 0 Å². The number of unbranched alkanes of at least 4 members (excludes halogenated alkanes) is 28. The Balaban J connectivity index is 4.29. The molecule has 0 rings (SSSR count). The van der Waals surface area contributed by atoms with Crippen LogP contribution in [-0.2, 0) is 28.6 Å². The Morgan fingerprint density at radius 2 is 0.636 bits per heavy atom. The highest BCUT2D eigenvalue weighted by molar-refractivity contribution is 5.71. The normalized spacial score (nSPS) is 12.1. The van der Waals surface area contributed by atoms with Crippen molar-refractivity contribution in [1.82, 2.24) is 0 Å². The molecule has 0 amide bonds. The van der Waals surface area contributed by atoms with Crippen molar-refractivity contribution in [2.45, 2.75) is 258 Å². The predicted molar refractivity (Wildman–Crippen MR) is 233 cm³/mol. The highest BCUT2D eigenvalue weighted by Crippen LogP contribution is 2.15. The highest BCUT2D eigenvalue weighted by atomic mass is 16.6. The third-order valence-electron chi connectivity index (χ3n) is 10.4. The monoisotopic (exact) mass is 775 g/mol. The molecule has 0 aliphatic heterocycles. The lowest BCUT2D eigenvalue weighted by Gasteiger charge is -2.18. The molecular weight excluding hydrogens is 685 g/mol. The van der Waals surface area contributed by atoms with Gasteiger partial charge in [0.05, 0.1) is 0 Å². The molecule has 0 heterocycles. The summed E-state index contributed by atoms with van der Waals surface area (Å²) in [5, 5.41) is 0. The third-order valence-corrected chi connectivity index (χ3v) is 10.4. The van der Waals surface area contributed by atoms with E-state index >= 15 is 0 Å². The van der Waals surface area contributed by atoms with Gasteiger partial charge in [0.1, 0.15) is 13.2 Å². The summed E-state index contributed by atoms with van der Waals surface area (Å²) in [4.78, 5) is 37.7. The first-order valence-electron chi connectivity index (χ1n) is 23.8. The van der Waals surface area contributed by atoms with Crippen LogP contribution in [-0.4, -0.2) is 37.2 Å². The van der Waals surface area contributed by atoms with Gasteiger partial charge in [0, 0.05) is 19.3 Å². The molecule has 1 unspecified atom stereocenters. The van der Waals surface area contributed by atoms with Gasteiger partial charge in [0.15, 0.2) is 6.10 Å². The Morgan fingerprint density at radius 3 is 0.982 bits per heavy atom. The van der Waals surface area contributed by atoms with E-state index in [-0.39, 0.29) is 31.1 Å². The van der Waals surface area contributed by atoms with Crippen molar-refractivity contribution >= 4 is 17.9 Å². The summed E-state index contributed by atoms with van der Waals surface area (Å²) in [6.07, 6.45) is 48.8. The van der Waals surface area contributed by atoms with Crippen LogP contribution in [0.15, 0.2) is 24.3 Å². The average Bonchev–Trinajstić information content (AvgIpc) is 3.18. The second-order valence-electron chi connectivity index (χ2n) is 16.0. The van der Waals surface area contributed by atoms with Crippen LogP contribution in [0.3, 0.4) is 0 Å². The topological polar surface area (TPSA) is 78.9 Å². The van der Waals surface area contributed by atoms with Crippen LogP contribution in [0.1, 0.15) is 252 Å². The first-order valence-corrected chi connectivity index (χ1v) is 23.8. The molecule has 0 saturated heterocycles. The van der Waals surface area contributed by atoms with Crippen molar-refractivity contribution in [2.75, 3.05) is 13.2 Å². The van der Waals surface area contributed by atoms with Gasteiger partial charge in [-0.2, -0.15) is 0 Å². The first-order chi connectivity index (χ1) is 27.0. The van der Waals surface area contributed by atoms with Crippen LogP contribution in [0.5, 0.6) is 0 Å². The lowest BCUT2D eigenvalue weighted by molar-refractivity contribution is -0.167. The van der Waals surface area contributed by atoms with Crippen LogP contribution < -0.4 is 0 Å². The Labute approximate surface area is 341 Å². The van der Waals surface area contributed by atoms with Gasteiger partial charge in [-0.3, -0.25) is 14.4 Å². The van der Waals surface area contributed by atoms with Crippen molar-refractivity contribution < 1.29 is 28.6 Å². The number of carbonyl (C=O) groups is 3. The van der Waals surface area contributed by atoms with E-state index in [1.807, 2.05) is 0 Å². The van der Waals surface area contributed by atoms with E-state index in [2.05, 4.69) is 45.1 Å². The summed E-state index contributed by atoms with van der Waals surface area (Å²) >= 11 is 0. The van der Waals surface area contributed by atoms with Gasteiger partial charge in [-0.1, -0.05) is 193 Å². The molecule has 0 aliphatic rings. The van der Waals surface area contributed by atoms with Crippen LogP contribution >= 0.6 is 0 Å². The molecule has 6 heteroatoms. The Morgan fingerprint density at radius 1 is 0.345 bits per heavy atom. The maximum Gasteiger partial charge on any atom is 0.306 e. The standard InChI is InChI=1S/C49H90O6/c1-4-7-10-13-16-19-22-23-24-25-26-27-28-31-33-36-39-42-48(51)54-45-46(55-49(52)43-40-37-34-30-21-18-15-12-9-6-3)44-53-47(50)41-38-35-32-29-20-17-14-11-8-5-2/h12,15,23-24,46H,4-11,13-14,16-22,25-45H2,1-3H3/b15-12-,24-23-. The fourth-order valence-electron chi connectivity index (χ4n) is 6.79. The number of ether oxygens (including phenoxy) is 3. The van der Waals surface area contributed by atoms with E-state index in [1.54, 1.807) is 0 Å².